The monoisotopic (exact) mass is 286 g/mol. The minimum atomic E-state index is 0.177. The van der Waals surface area contributed by atoms with Crippen LogP contribution in [0.3, 0.4) is 0 Å². The fourth-order valence-electron chi connectivity index (χ4n) is 3.40. The summed E-state index contributed by atoms with van der Waals surface area (Å²) >= 11 is 0. The third-order valence-electron chi connectivity index (χ3n) is 5.12. The zero-order valence-corrected chi connectivity index (χ0v) is 12.9. The molecule has 2 unspecified atom stereocenters. The Hall–Kier alpha value is -1.35. The SMILES string of the molecule is CC(c1ccccc1)N(CC1CCC1)C(=O)C1CCNC1. The van der Waals surface area contributed by atoms with Gasteiger partial charge in [0.15, 0.2) is 0 Å². The van der Waals surface area contributed by atoms with E-state index in [-0.39, 0.29) is 12.0 Å². The highest BCUT2D eigenvalue weighted by Crippen LogP contribution is 2.32. The molecule has 3 rings (SSSR count). The number of hydrogen-bond acceptors (Lipinski definition) is 2. The van der Waals surface area contributed by atoms with Crippen LogP contribution in [0.25, 0.3) is 0 Å². The van der Waals surface area contributed by atoms with Crippen molar-refractivity contribution in [2.75, 3.05) is 19.6 Å². The molecular formula is C18H26N2O. The van der Waals surface area contributed by atoms with Gasteiger partial charge in [0.05, 0.1) is 12.0 Å². The molecule has 1 saturated heterocycles. The standard InChI is InChI=1S/C18H26N2O/c1-14(16-8-3-2-4-9-16)20(13-15-6-5-7-15)18(21)17-10-11-19-12-17/h2-4,8-9,14-15,17,19H,5-7,10-13H2,1H3. The molecule has 1 amide bonds. The maximum atomic E-state index is 12.9. The Morgan fingerprint density at radius 3 is 2.62 bits per heavy atom. The molecule has 21 heavy (non-hydrogen) atoms. The van der Waals surface area contributed by atoms with Gasteiger partial charge in [-0.3, -0.25) is 4.79 Å². The van der Waals surface area contributed by atoms with Crippen LogP contribution >= 0.6 is 0 Å². The summed E-state index contributed by atoms with van der Waals surface area (Å²) in [5.74, 6) is 1.24. The first kappa shape index (κ1) is 14.6. The van der Waals surface area contributed by atoms with E-state index in [2.05, 4.69) is 41.4 Å². The van der Waals surface area contributed by atoms with Crippen LogP contribution in [0.1, 0.15) is 44.2 Å². The lowest BCUT2D eigenvalue weighted by molar-refractivity contribution is -0.138. The molecule has 2 atom stereocenters. The number of amides is 1. The largest absolute Gasteiger partial charge is 0.335 e. The van der Waals surface area contributed by atoms with Gasteiger partial charge in [-0.15, -0.1) is 0 Å². The number of rotatable bonds is 5. The van der Waals surface area contributed by atoms with Gasteiger partial charge in [-0.2, -0.15) is 0 Å². The first-order valence-corrected chi connectivity index (χ1v) is 8.32. The van der Waals surface area contributed by atoms with Crippen LogP contribution < -0.4 is 5.32 Å². The Morgan fingerprint density at radius 1 is 1.29 bits per heavy atom. The second-order valence-corrected chi connectivity index (χ2v) is 6.56. The molecule has 1 saturated carbocycles. The quantitative estimate of drug-likeness (QED) is 0.902. The molecule has 114 valence electrons. The van der Waals surface area contributed by atoms with Crippen molar-refractivity contribution in [3.8, 4) is 0 Å². The molecule has 2 fully saturated rings. The Labute approximate surface area is 127 Å². The maximum absolute atomic E-state index is 12.9. The first-order chi connectivity index (χ1) is 10.3. The fourth-order valence-corrected chi connectivity index (χ4v) is 3.40. The average Bonchev–Trinajstić information content (AvgIpc) is 3.00. The third kappa shape index (κ3) is 3.29. The number of benzene rings is 1. The van der Waals surface area contributed by atoms with E-state index < -0.39 is 0 Å². The summed E-state index contributed by atoms with van der Waals surface area (Å²) in [5.41, 5.74) is 1.25. The zero-order valence-electron chi connectivity index (χ0n) is 12.9. The first-order valence-electron chi connectivity index (χ1n) is 8.32. The molecule has 3 heteroatoms. The highest BCUT2D eigenvalue weighted by molar-refractivity contribution is 5.80. The lowest BCUT2D eigenvalue weighted by Gasteiger charge is -2.37. The minimum Gasteiger partial charge on any atom is -0.335 e. The molecule has 1 aromatic rings. The van der Waals surface area contributed by atoms with Crippen molar-refractivity contribution in [3.05, 3.63) is 35.9 Å². The van der Waals surface area contributed by atoms with Crippen molar-refractivity contribution in [2.24, 2.45) is 11.8 Å². The van der Waals surface area contributed by atoms with Crippen molar-refractivity contribution in [2.45, 2.75) is 38.6 Å². The number of hydrogen-bond donors (Lipinski definition) is 1. The molecule has 0 radical (unpaired) electrons. The van der Waals surface area contributed by atoms with E-state index in [0.29, 0.717) is 5.91 Å². The van der Waals surface area contributed by atoms with Gasteiger partial charge in [0.25, 0.3) is 0 Å². The Kier molecular flexibility index (Phi) is 4.59. The predicted octanol–water partition coefficient (Wildman–Crippen LogP) is 2.99. The summed E-state index contributed by atoms with van der Waals surface area (Å²) in [7, 11) is 0. The smallest absolute Gasteiger partial charge is 0.227 e. The van der Waals surface area contributed by atoms with E-state index in [1.807, 2.05) is 6.07 Å². The van der Waals surface area contributed by atoms with Crippen LogP contribution in [0.5, 0.6) is 0 Å². The predicted molar refractivity (Wildman–Crippen MR) is 84.9 cm³/mol. The molecule has 2 aliphatic rings. The van der Waals surface area contributed by atoms with Gasteiger partial charge >= 0.3 is 0 Å². The second kappa shape index (κ2) is 6.61. The molecule has 1 aromatic carbocycles. The summed E-state index contributed by atoms with van der Waals surface area (Å²) < 4.78 is 0. The van der Waals surface area contributed by atoms with E-state index in [0.717, 1.165) is 32.0 Å². The van der Waals surface area contributed by atoms with E-state index in [1.165, 1.54) is 24.8 Å². The van der Waals surface area contributed by atoms with Crippen LogP contribution in [0.2, 0.25) is 0 Å². The lowest BCUT2D eigenvalue weighted by Crippen LogP contribution is -2.42. The van der Waals surface area contributed by atoms with Crippen molar-refractivity contribution in [3.63, 3.8) is 0 Å². The summed E-state index contributed by atoms with van der Waals surface area (Å²) in [5, 5.41) is 3.32. The Morgan fingerprint density at radius 2 is 2.05 bits per heavy atom. The molecule has 3 nitrogen and oxygen atoms in total. The van der Waals surface area contributed by atoms with Crippen LogP contribution in [-0.2, 0) is 4.79 Å². The van der Waals surface area contributed by atoms with E-state index in [9.17, 15) is 4.79 Å². The number of nitrogens with zero attached hydrogens (tertiary/aromatic N) is 1. The van der Waals surface area contributed by atoms with Crippen LogP contribution in [0, 0.1) is 11.8 Å². The molecule has 0 bridgehead atoms. The second-order valence-electron chi connectivity index (χ2n) is 6.56. The lowest BCUT2D eigenvalue weighted by atomic mass is 9.84. The molecule has 0 aromatic heterocycles. The highest BCUT2D eigenvalue weighted by Gasteiger charge is 2.32. The summed E-state index contributed by atoms with van der Waals surface area (Å²) in [6.45, 7) is 4.94. The molecule has 1 heterocycles. The number of nitrogens with one attached hydrogen (secondary N) is 1. The number of carbonyl (C=O) groups is 1. The molecule has 1 aliphatic carbocycles. The maximum Gasteiger partial charge on any atom is 0.227 e. The van der Waals surface area contributed by atoms with E-state index in [4.69, 9.17) is 0 Å². The summed E-state index contributed by atoms with van der Waals surface area (Å²) in [4.78, 5) is 15.1. The summed E-state index contributed by atoms with van der Waals surface area (Å²) in [6.07, 6.45) is 4.89. The normalized spacial score (nSPS) is 23.6. The molecule has 1 aliphatic heterocycles. The third-order valence-corrected chi connectivity index (χ3v) is 5.12. The van der Waals surface area contributed by atoms with Gasteiger partial charge in [-0.1, -0.05) is 36.8 Å². The highest BCUT2D eigenvalue weighted by atomic mass is 16.2. The van der Waals surface area contributed by atoms with Crippen LogP contribution in [0.4, 0.5) is 0 Å². The van der Waals surface area contributed by atoms with Crippen LogP contribution in [-0.4, -0.2) is 30.4 Å². The van der Waals surface area contributed by atoms with Crippen molar-refractivity contribution in [1.29, 1.82) is 0 Å². The Balaban J connectivity index is 1.75. The molecular weight excluding hydrogens is 260 g/mol. The summed E-state index contributed by atoms with van der Waals surface area (Å²) in [6, 6.07) is 10.6. The minimum absolute atomic E-state index is 0.177. The molecule has 0 spiro atoms. The Bertz CT molecular complexity index is 463. The average molecular weight is 286 g/mol. The fraction of sp³-hybridized carbons (Fsp3) is 0.611. The van der Waals surface area contributed by atoms with Gasteiger partial charge in [-0.25, -0.2) is 0 Å². The van der Waals surface area contributed by atoms with E-state index >= 15 is 0 Å². The zero-order chi connectivity index (χ0) is 14.7. The van der Waals surface area contributed by atoms with Gasteiger partial charge in [0.2, 0.25) is 5.91 Å². The number of carbonyl (C=O) groups excluding carboxylic acids is 1. The van der Waals surface area contributed by atoms with Crippen molar-refractivity contribution >= 4 is 5.91 Å². The topological polar surface area (TPSA) is 32.3 Å². The van der Waals surface area contributed by atoms with Crippen LogP contribution in [0.15, 0.2) is 30.3 Å². The van der Waals surface area contributed by atoms with Gasteiger partial charge in [0, 0.05) is 13.1 Å². The van der Waals surface area contributed by atoms with Gasteiger partial charge in [-0.05, 0) is 44.2 Å². The van der Waals surface area contributed by atoms with Crippen molar-refractivity contribution in [1.82, 2.24) is 10.2 Å². The van der Waals surface area contributed by atoms with Gasteiger partial charge in [0.1, 0.15) is 0 Å². The molecule has 1 N–H and O–H groups in total. The van der Waals surface area contributed by atoms with E-state index in [1.54, 1.807) is 0 Å². The van der Waals surface area contributed by atoms with Gasteiger partial charge < -0.3 is 10.2 Å². The van der Waals surface area contributed by atoms with Crippen molar-refractivity contribution < 1.29 is 4.79 Å².